The number of nitrogens with zero attached hydrogens (tertiary/aromatic N) is 1. The lowest BCUT2D eigenvalue weighted by molar-refractivity contribution is -0.151. The summed E-state index contributed by atoms with van der Waals surface area (Å²) in [7, 11) is 1.56. The molecule has 2 N–H and O–H groups in total. The van der Waals surface area contributed by atoms with E-state index in [0.717, 1.165) is 12.0 Å². The molecule has 0 radical (unpaired) electrons. The van der Waals surface area contributed by atoms with Crippen LogP contribution in [0.4, 0.5) is 5.69 Å². The van der Waals surface area contributed by atoms with Gasteiger partial charge >= 0.3 is 0 Å². The Bertz CT molecular complexity index is 430. The first-order valence-corrected chi connectivity index (χ1v) is 6.59. The topological polar surface area (TPSA) is 55.6 Å². The van der Waals surface area contributed by atoms with Crippen LogP contribution >= 0.6 is 0 Å². The van der Waals surface area contributed by atoms with E-state index < -0.39 is 5.60 Å². The Balaban J connectivity index is 2.86. The molecule has 0 aliphatic rings. The first kappa shape index (κ1) is 15.5. The molecule has 106 valence electrons. The summed E-state index contributed by atoms with van der Waals surface area (Å²) in [4.78, 5) is 14.3. The molecule has 0 aliphatic carbocycles. The Morgan fingerprint density at radius 3 is 2.63 bits per heavy atom. The Morgan fingerprint density at radius 2 is 2.11 bits per heavy atom. The van der Waals surface area contributed by atoms with Gasteiger partial charge in [-0.1, -0.05) is 19.1 Å². The fourth-order valence-corrected chi connectivity index (χ4v) is 1.90. The predicted octanol–water partition coefficient (Wildman–Crippen LogP) is 2.43. The van der Waals surface area contributed by atoms with Crippen molar-refractivity contribution in [1.82, 2.24) is 4.90 Å². The van der Waals surface area contributed by atoms with Gasteiger partial charge in [-0.3, -0.25) is 4.79 Å². The third-order valence-electron chi connectivity index (χ3n) is 3.13. The van der Waals surface area contributed by atoms with Crippen molar-refractivity contribution in [3.8, 4) is 0 Å². The first-order chi connectivity index (χ1) is 8.90. The number of nitrogens with two attached hydrogens (primary N) is 1. The predicted molar refractivity (Wildman–Crippen MR) is 77.7 cm³/mol. The zero-order chi connectivity index (χ0) is 14.5. The van der Waals surface area contributed by atoms with Crippen LogP contribution < -0.4 is 5.73 Å². The number of rotatable bonds is 6. The Labute approximate surface area is 115 Å². The van der Waals surface area contributed by atoms with E-state index in [9.17, 15) is 4.79 Å². The number of carbonyl (C=O) groups is 1. The van der Waals surface area contributed by atoms with E-state index in [2.05, 4.69) is 6.92 Å². The number of anilines is 1. The van der Waals surface area contributed by atoms with E-state index in [0.29, 0.717) is 18.8 Å². The van der Waals surface area contributed by atoms with Crippen molar-refractivity contribution in [2.45, 2.75) is 39.3 Å². The van der Waals surface area contributed by atoms with Crippen molar-refractivity contribution in [2.75, 3.05) is 19.4 Å². The van der Waals surface area contributed by atoms with Crippen LogP contribution in [0, 0.1) is 0 Å². The summed E-state index contributed by atoms with van der Waals surface area (Å²) in [6.07, 6.45) is 0.911. The number of hydrogen-bond donors (Lipinski definition) is 1. The van der Waals surface area contributed by atoms with E-state index >= 15 is 0 Å². The molecule has 19 heavy (non-hydrogen) atoms. The van der Waals surface area contributed by atoms with E-state index in [1.807, 2.05) is 29.2 Å². The lowest BCUT2D eigenvalue weighted by Gasteiger charge is -2.31. The Morgan fingerprint density at radius 1 is 1.42 bits per heavy atom. The fraction of sp³-hybridized carbons (Fsp3) is 0.533. The van der Waals surface area contributed by atoms with Gasteiger partial charge in [0.15, 0.2) is 0 Å². The van der Waals surface area contributed by atoms with Gasteiger partial charge in [0.1, 0.15) is 5.60 Å². The van der Waals surface area contributed by atoms with E-state index in [1.54, 1.807) is 21.0 Å². The molecule has 0 atom stereocenters. The maximum atomic E-state index is 12.4. The Kier molecular flexibility index (Phi) is 5.36. The zero-order valence-electron chi connectivity index (χ0n) is 12.3. The minimum Gasteiger partial charge on any atom is -0.399 e. The maximum Gasteiger partial charge on any atom is 0.254 e. The molecule has 4 nitrogen and oxygen atoms in total. The minimum absolute atomic E-state index is 0.000672. The Hall–Kier alpha value is -1.55. The molecule has 0 aliphatic heterocycles. The van der Waals surface area contributed by atoms with Gasteiger partial charge in [-0.05, 0) is 38.0 Å². The summed E-state index contributed by atoms with van der Waals surface area (Å²) in [5, 5.41) is 0. The van der Waals surface area contributed by atoms with E-state index in [-0.39, 0.29) is 5.91 Å². The van der Waals surface area contributed by atoms with E-state index in [1.165, 1.54) is 0 Å². The first-order valence-electron chi connectivity index (χ1n) is 6.59. The second-order valence-corrected chi connectivity index (χ2v) is 5.19. The molecule has 0 unspecified atom stereocenters. The third kappa shape index (κ3) is 4.24. The van der Waals surface area contributed by atoms with Crippen molar-refractivity contribution in [2.24, 2.45) is 0 Å². The molecule has 0 fully saturated rings. The molecule has 1 aromatic carbocycles. The average Bonchev–Trinajstić information content (AvgIpc) is 2.37. The molecule has 4 heteroatoms. The van der Waals surface area contributed by atoms with Crippen LogP contribution in [0.2, 0.25) is 0 Å². The largest absolute Gasteiger partial charge is 0.399 e. The smallest absolute Gasteiger partial charge is 0.254 e. The van der Waals surface area contributed by atoms with Gasteiger partial charge in [-0.15, -0.1) is 0 Å². The molecule has 0 heterocycles. The SMILES string of the molecule is CCCN(Cc1cccc(N)c1)C(=O)C(C)(C)OC. The lowest BCUT2D eigenvalue weighted by atomic mass is 10.1. The fourth-order valence-electron chi connectivity index (χ4n) is 1.90. The molecule has 0 saturated carbocycles. The van der Waals surface area contributed by atoms with Gasteiger partial charge in [0.2, 0.25) is 0 Å². The highest BCUT2D eigenvalue weighted by Crippen LogP contribution is 2.16. The van der Waals surface area contributed by atoms with Crippen molar-refractivity contribution in [3.05, 3.63) is 29.8 Å². The van der Waals surface area contributed by atoms with Gasteiger partial charge < -0.3 is 15.4 Å². The minimum atomic E-state index is -0.796. The highest BCUT2D eigenvalue weighted by atomic mass is 16.5. The highest BCUT2D eigenvalue weighted by molar-refractivity contribution is 5.84. The number of hydrogen-bond acceptors (Lipinski definition) is 3. The molecule has 1 aromatic rings. The molecule has 0 spiro atoms. The number of carbonyl (C=O) groups excluding carboxylic acids is 1. The van der Waals surface area contributed by atoms with Crippen LogP contribution in [0.15, 0.2) is 24.3 Å². The van der Waals surface area contributed by atoms with Crippen LogP contribution in [-0.2, 0) is 16.1 Å². The molecule has 1 rings (SSSR count). The van der Waals surface area contributed by atoms with Crippen LogP contribution in [0.3, 0.4) is 0 Å². The highest BCUT2D eigenvalue weighted by Gasteiger charge is 2.31. The molecule has 1 amide bonds. The van der Waals surface area contributed by atoms with Crippen molar-refractivity contribution >= 4 is 11.6 Å². The summed E-state index contributed by atoms with van der Waals surface area (Å²) < 4.78 is 5.27. The standard InChI is InChI=1S/C15H24N2O2/c1-5-9-17(14(18)15(2,3)19-4)11-12-7-6-8-13(16)10-12/h6-8,10H,5,9,11,16H2,1-4H3. The molecule has 0 saturated heterocycles. The number of methoxy groups -OCH3 is 1. The van der Waals surface area contributed by atoms with Gasteiger partial charge in [-0.25, -0.2) is 0 Å². The number of amides is 1. The van der Waals surface area contributed by atoms with Crippen molar-refractivity contribution in [1.29, 1.82) is 0 Å². The summed E-state index contributed by atoms with van der Waals surface area (Å²) in [5.41, 5.74) is 6.72. The summed E-state index contributed by atoms with van der Waals surface area (Å²) in [6.45, 7) is 6.90. The van der Waals surface area contributed by atoms with Gasteiger partial charge in [-0.2, -0.15) is 0 Å². The number of ether oxygens (including phenoxy) is 1. The summed E-state index contributed by atoms with van der Waals surface area (Å²) in [6, 6.07) is 7.62. The van der Waals surface area contributed by atoms with Crippen molar-refractivity contribution < 1.29 is 9.53 Å². The number of nitrogen functional groups attached to an aromatic ring is 1. The van der Waals surface area contributed by atoms with Gasteiger partial charge in [0.05, 0.1) is 0 Å². The second kappa shape index (κ2) is 6.57. The van der Waals surface area contributed by atoms with E-state index in [4.69, 9.17) is 10.5 Å². The maximum absolute atomic E-state index is 12.4. The monoisotopic (exact) mass is 264 g/mol. The molecular weight excluding hydrogens is 240 g/mol. The van der Waals surface area contributed by atoms with Crippen LogP contribution in [0.1, 0.15) is 32.8 Å². The zero-order valence-corrected chi connectivity index (χ0v) is 12.3. The van der Waals surface area contributed by atoms with Gasteiger partial charge in [0.25, 0.3) is 5.91 Å². The summed E-state index contributed by atoms with van der Waals surface area (Å²) in [5.74, 6) is -0.000672. The second-order valence-electron chi connectivity index (χ2n) is 5.19. The normalized spacial score (nSPS) is 11.4. The van der Waals surface area contributed by atoms with Crippen LogP contribution in [0.25, 0.3) is 0 Å². The average molecular weight is 264 g/mol. The molecule has 0 bridgehead atoms. The van der Waals surface area contributed by atoms with Crippen LogP contribution in [-0.4, -0.2) is 30.1 Å². The molecular formula is C15H24N2O2. The molecule has 0 aromatic heterocycles. The number of benzene rings is 1. The van der Waals surface area contributed by atoms with Crippen LogP contribution in [0.5, 0.6) is 0 Å². The summed E-state index contributed by atoms with van der Waals surface area (Å²) >= 11 is 0. The quantitative estimate of drug-likeness (QED) is 0.803. The van der Waals surface area contributed by atoms with Gasteiger partial charge in [0, 0.05) is 25.9 Å². The van der Waals surface area contributed by atoms with Crippen molar-refractivity contribution in [3.63, 3.8) is 0 Å². The third-order valence-corrected chi connectivity index (χ3v) is 3.13. The lowest BCUT2D eigenvalue weighted by Crippen LogP contribution is -2.46.